The van der Waals surface area contributed by atoms with Gasteiger partial charge < -0.3 is 64.2 Å². The Balaban J connectivity index is 1.66. The van der Waals surface area contributed by atoms with Crippen LogP contribution in [0.5, 0.6) is 5.75 Å². The monoisotopic (exact) mass is 985 g/mol. The van der Waals surface area contributed by atoms with Crippen molar-refractivity contribution in [1.82, 2.24) is 36.8 Å². The fourth-order valence-corrected chi connectivity index (χ4v) is 7.23. The van der Waals surface area contributed by atoms with E-state index in [9.17, 15) is 43.5 Å². The van der Waals surface area contributed by atoms with Crippen LogP contribution in [0.25, 0.3) is 10.8 Å². The number of amides is 7. The van der Waals surface area contributed by atoms with E-state index in [0.29, 0.717) is 14.7 Å². The van der Waals surface area contributed by atoms with Gasteiger partial charge in [0, 0.05) is 33.0 Å². The molecule has 14 N–H and O–H groups in total. The minimum atomic E-state index is -1.88. The third kappa shape index (κ3) is 15.1. The minimum Gasteiger partial charge on any atom is -0.507 e. The number of hydrogen-bond donors (Lipinski definition) is 11. The Morgan fingerprint density at radius 3 is 2.21 bits per heavy atom. The van der Waals surface area contributed by atoms with E-state index < -0.39 is 90.6 Å². The van der Waals surface area contributed by atoms with Crippen molar-refractivity contribution in [1.29, 1.82) is 0 Å². The van der Waals surface area contributed by atoms with Gasteiger partial charge in [0.1, 0.15) is 29.9 Å². The third-order valence-corrected chi connectivity index (χ3v) is 10.9. The number of nitrogens with zero attached hydrogens (tertiary/aromatic N) is 2. The molecule has 0 aromatic heterocycles. The zero-order chi connectivity index (χ0) is 46.2. The zero-order valence-electron chi connectivity index (χ0n) is 34.4. The maximum absolute atomic E-state index is 14.4. The summed E-state index contributed by atoms with van der Waals surface area (Å²) in [5.41, 5.74) is 17.5. The molecule has 3 aromatic carbocycles. The summed E-state index contributed by atoms with van der Waals surface area (Å²) < 4.78 is 0.478. The summed E-state index contributed by atoms with van der Waals surface area (Å²) in [6.45, 7) is -1.13. The first-order chi connectivity index (χ1) is 29.9. The smallest absolute Gasteiger partial charge is 0.330 e. The second kappa shape index (κ2) is 23.6. The molecule has 5 atom stereocenters. The molecule has 0 spiro atoms. The van der Waals surface area contributed by atoms with Gasteiger partial charge in [-0.3, -0.25) is 38.6 Å². The fourth-order valence-electron chi connectivity index (χ4n) is 6.65. The number of halogens is 1. The molecule has 1 saturated heterocycles. The number of nitrogens with one attached hydrogen (secondary N) is 6. The number of carboxylic acids is 1. The van der Waals surface area contributed by atoms with Gasteiger partial charge >= 0.3 is 5.97 Å². The lowest BCUT2D eigenvalue weighted by atomic mass is 10.00. The Morgan fingerprint density at radius 1 is 0.841 bits per heavy atom. The predicted octanol–water partition coefficient (Wildman–Crippen LogP) is -2.18. The van der Waals surface area contributed by atoms with Crippen molar-refractivity contribution in [3.05, 3.63) is 75.4 Å². The summed E-state index contributed by atoms with van der Waals surface area (Å²) in [5, 5.41) is 36.3. The second-order valence-corrected chi connectivity index (χ2v) is 15.9. The Bertz CT molecular complexity index is 2220. The summed E-state index contributed by atoms with van der Waals surface area (Å²) in [6.07, 6.45) is 0.118. The molecule has 3 aromatic rings. The molecule has 0 aliphatic carbocycles. The van der Waals surface area contributed by atoms with Gasteiger partial charge in [-0.05, 0) is 82.3 Å². The van der Waals surface area contributed by atoms with Crippen LogP contribution in [0.15, 0.2) is 65.7 Å². The van der Waals surface area contributed by atoms with E-state index in [-0.39, 0.29) is 63.3 Å². The van der Waals surface area contributed by atoms with Crippen LogP contribution in [0.4, 0.5) is 0 Å². The van der Waals surface area contributed by atoms with Crippen molar-refractivity contribution < 1.29 is 48.6 Å². The van der Waals surface area contributed by atoms with Crippen LogP contribution in [0.3, 0.4) is 0 Å². The first kappa shape index (κ1) is 49.1. The molecule has 1 aliphatic heterocycles. The van der Waals surface area contributed by atoms with Gasteiger partial charge in [0.2, 0.25) is 41.4 Å². The second-order valence-electron chi connectivity index (χ2n) is 14.8. The lowest BCUT2D eigenvalue weighted by Crippen LogP contribution is -2.58. The highest BCUT2D eigenvalue weighted by molar-refractivity contribution is 14.1. The van der Waals surface area contributed by atoms with Crippen molar-refractivity contribution >= 4 is 86.6 Å². The van der Waals surface area contributed by atoms with Gasteiger partial charge in [-0.1, -0.05) is 48.5 Å². The number of phenols is 1. The first-order valence-electron chi connectivity index (χ1n) is 19.9. The number of fused-ring (bicyclic) bond motifs is 1. The number of rotatable bonds is 16. The summed E-state index contributed by atoms with van der Waals surface area (Å²) >= 11 is 1.92. The molecule has 1 unspecified atom stereocenters. The molecule has 1 fully saturated rings. The van der Waals surface area contributed by atoms with Crippen molar-refractivity contribution in [3.63, 3.8) is 0 Å². The topological polar surface area (TPSA) is 343 Å². The predicted molar refractivity (Wildman–Crippen MR) is 238 cm³/mol. The lowest BCUT2D eigenvalue weighted by molar-refractivity contribution is -0.143. The van der Waals surface area contributed by atoms with Crippen molar-refractivity contribution in [2.75, 3.05) is 33.2 Å². The van der Waals surface area contributed by atoms with Gasteiger partial charge in [0.25, 0.3) is 0 Å². The standard InChI is InChI=1S/C41H52IN11O10/c1-53-30(9-5-14-46-32(55)20-49-38(60)34(43)40(62)63)37(59)51-27(8-4-15-47-41(44)45)36(58)52-28(18-22-10-12-24-6-2-3-7-25(24)16-22)35(57)48-21-33(56)50-29(39(53)61)19-23-11-13-31(54)26(42)17-23/h2-3,6-7,10-13,16-17,27-30,34,54H,4-5,8-9,14-15,18-21,43H2,1H3,(H,46,55)(H,48,57)(H,49,60)(H,50,56)(H,51,59)(H,52,58)(H,62,63)(H4,44,45,47)/t27-,28-,29+,30+,34?/m0/s1. The average molecular weight is 986 g/mol. The summed E-state index contributed by atoms with van der Waals surface area (Å²) in [5.74, 6) is -7.21. The van der Waals surface area contributed by atoms with Crippen LogP contribution in [0.2, 0.25) is 0 Å². The van der Waals surface area contributed by atoms with E-state index in [0.717, 1.165) is 15.7 Å². The van der Waals surface area contributed by atoms with E-state index in [4.69, 9.17) is 22.3 Å². The molecule has 0 bridgehead atoms. The van der Waals surface area contributed by atoms with E-state index >= 15 is 0 Å². The number of benzene rings is 3. The van der Waals surface area contributed by atoms with Gasteiger partial charge in [-0.25, -0.2) is 4.79 Å². The maximum Gasteiger partial charge on any atom is 0.330 e. The molecule has 0 radical (unpaired) electrons. The van der Waals surface area contributed by atoms with Crippen LogP contribution in [-0.2, 0) is 51.2 Å². The molecule has 22 heteroatoms. The van der Waals surface area contributed by atoms with E-state index in [1.54, 1.807) is 12.1 Å². The number of carbonyl (C=O) groups excluding carboxylic acids is 7. The van der Waals surface area contributed by atoms with Crippen molar-refractivity contribution in [2.45, 2.75) is 68.7 Å². The van der Waals surface area contributed by atoms with Gasteiger partial charge in [-0.15, -0.1) is 0 Å². The number of likely N-dealkylation sites (N-methyl/N-ethyl adjacent to an activating group) is 1. The number of hydrogen-bond acceptors (Lipinski definition) is 11. The van der Waals surface area contributed by atoms with E-state index in [1.807, 2.05) is 65.1 Å². The minimum absolute atomic E-state index is 0.000843. The number of carboxylic acid groups (broad SMARTS) is 1. The normalized spacial score (nSPS) is 19.3. The largest absolute Gasteiger partial charge is 0.507 e. The number of aliphatic imine (C=N–C) groups is 1. The SMILES string of the molecule is CN1C(=O)[C@@H](Cc2ccc(O)c(I)c2)NC(=O)CNC(=O)[C@H](Cc2ccc3ccccc3c2)NC(=O)[C@H](CCCN=C(N)N)NC(=O)[C@H]1CCCNC(=O)CNC(=O)C(N)C(=O)O. The fraction of sp³-hybridized carbons (Fsp3) is 0.390. The molecule has 338 valence electrons. The van der Waals surface area contributed by atoms with Crippen LogP contribution >= 0.6 is 22.6 Å². The Labute approximate surface area is 375 Å². The molecule has 4 rings (SSSR count). The average Bonchev–Trinajstić information content (AvgIpc) is 3.25. The maximum atomic E-state index is 14.4. The molecule has 63 heavy (non-hydrogen) atoms. The Hall–Kier alpha value is -6.56. The van der Waals surface area contributed by atoms with E-state index in [2.05, 4.69) is 36.9 Å². The highest BCUT2D eigenvalue weighted by Crippen LogP contribution is 2.22. The Kier molecular flexibility index (Phi) is 18.4. The number of nitrogens with two attached hydrogens (primary N) is 3. The molecular formula is C41H52IN11O10. The molecule has 1 aliphatic rings. The number of phenolic OH excluding ortho intramolecular Hbond substituents is 1. The lowest BCUT2D eigenvalue weighted by Gasteiger charge is -2.32. The number of guanidine groups is 1. The number of aromatic hydroxyl groups is 1. The summed E-state index contributed by atoms with van der Waals surface area (Å²) in [4.78, 5) is 111. The quantitative estimate of drug-likeness (QED) is 0.0240. The molecule has 1 heterocycles. The molecule has 7 amide bonds. The molecular weight excluding hydrogens is 933 g/mol. The van der Waals surface area contributed by atoms with Gasteiger partial charge in [-0.2, -0.15) is 0 Å². The van der Waals surface area contributed by atoms with Crippen LogP contribution in [0.1, 0.15) is 36.8 Å². The highest BCUT2D eigenvalue weighted by atomic mass is 127. The van der Waals surface area contributed by atoms with Crippen molar-refractivity contribution in [2.24, 2.45) is 22.2 Å². The molecule has 0 saturated carbocycles. The number of aliphatic carboxylic acids is 1. The van der Waals surface area contributed by atoms with Gasteiger partial charge in [0.05, 0.1) is 16.7 Å². The number of carbonyl (C=O) groups is 8. The summed E-state index contributed by atoms with van der Waals surface area (Å²) in [7, 11) is 1.35. The molecule has 21 nitrogen and oxygen atoms in total. The van der Waals surface area contributed by atoms with E-state index in [1.165, 1.54) is 13.1 Å². The zero-order valence-corrected chi connectivity index (χ0v) is 36.6. The van der Waals surface area contributed by atoms with Crippen LogP contribution < -0.4 is 49.1 Å². The van der Waals surface area contributed by atoms with Crippen LogP contribution in [-0.4, -0.2) is 132 Å². The Morgan fingerprint density at radius 2 is 1.51 bits per heavy atom. The van der Waals surface area contributed by atoms with Crippen molar-refractivity contribution in [3.8, 4) is 5.75 Å². The van der Waals surface area contributed by atoms with Crippen LogP contribution in [0, 0.1) is 3.57 Å². The van der Waals surface area contributed by atoms with Gasteiger partial charge in [0.15, 0.2) is 12.0 Å². The first-order valence-corrected chi connectivity index (χ1v) is 21.0. The third-order valence-electron chi connectivity index (χ3n) is 10.0. The highest BCUT2D eigenvalue weighted by Gasteiger charge is 2.35. The summed E-state index contributed by atoms with van der Waals surface area (Å²) in [6, 6.07) is 10.8.